The number of hydrogen-bond donors (Lipinski definition) is 1. The number of esters is 1. The Bertz CT molecular complexity index is 957. The maximum Gasteiger partial charge on any atom is 0.331 e. The van der Waals surface area contributed by atoms with Gasteiger partial charge in [0.15, 0.2) is 0 Å². The first-order valence-electron chi connectivity index (χ1n) is 13.1. The molecule has 8 heteroatoms. The summed E-state index contributed by atoms with van der Waals surface area (Å²) in [6, 6.07) is 0. The first kappa shape index (κ1) is 25.7. The molecule has 0 heterocycles. The van der Waals surface area contributed by atoms with Gasteiger partial charge in [0.1, 0.15) is 6.10 Å². The lowest BCUT2D eigenvalue weighted by Crippen LogP contribution is -2.50. The van der Waals surface area contributed by atoms with Crippen molar-refractivity contribution in [2.45, 2.75) is 92.1 Å². The van der Waals surface area contributed by atoms with Gasteiger partial charge in [-0.15, -0.1) is 0 Å². The molecule has 0 spiro atoms. The quantitative estimate of drug-likeness (QED) is 0.239. The third kappa shape index (κ3) is 4.60. The third-order valence-corrected chi connectivity index (χ3v) is 9.72. The molecule has 0 saturated heterocycles. The van der Waals surface area contributed by atoms with Crippen molar-refractivity contribution >= 4 is 11.9 Å². The Morgan fingerprint density at radius 2 is 1.89 bits per heavy atom. The van der Waals surface area contributed by atoms with E-state index >= 15 is 0 Å². The zero-order valence-corrected chi connectivity index (χ0v) is 21.7. The number of carbonyl (C=O) groups is 2. The highest BCUT2D eigenvalue weighted by Crippen LogP contribution is 2.67. The van der Waals surface area contributed by atoms with Crippen LogP contribution in [0, 0.1) is 44.6 Å². The molecule has 7 atom stereocenters. The summed E-state index contributed by atoms with van der Waals surface area (Å²) in [5.41, 5.74) is 6.02. The topological polar surface area (TPSA) is 108 Å². The van der Waals surface area contributed by atoms with Crippen LogP contribution in [0.4, 0.5) is 0 Å². The third-order valence-electron chi connectivity index (χ3n) is 9.72. The number of nitrogens with one attached hydrogen (secondary N) is 1. The Hall–Kier alpha value is -2.38. The number of hydroxylamine groups is 1. The lowest BCUT2D eigenvalue weighted by Gasteiger charge is -2.57. The lowest BCUT2D eigenvalue weighted by atomic mass is 9.48. The summed E-state index contributed by atoms with van der Waals surface area (Å²) in [7, 11) is 0. The van der Waals surface area contributed by atoms with Crippen molar-refractivity contribution in [1.29, 1.82) is 0 Å². The smallest absolute Gasteiger partial charge is 0.331 e. The molecule has 0 aliphatic heterocycles. The number of nitro groups is 1. The molecule has 194 valence electrons. The SMILES string of the molecule is CCC(=O)ONC(C)=C1C(C[N+](=O)[O-])CC2C3CC=C4CC(OC(C)=O)CCC4(C)C3CCC12C. The van der Waals surface area contributed by atoms with Crippen LogP contribution in [-0.4, -0.2) is 29.5 Å². The predicted octanol–water partition coefficient (Wildman–Crippen LogP) is 5.12. The zero-order valence-electron chi connectivity index (χ0n) is 21.7. The number of rotatable bonds is 6. The summed E-state index contributed by atoms with van der Waals surface area (Å²) >= 11 is 0. The Morgan fingerprint density at radius 1 is 1.17 bits per heavy atom. The second kappa shape index (κ2) is 9.58. The highest BCUT2D eigenvalue weighted by Gasteiger charge is 2.60. The number of ether oxygens (including phenoxy) is 1. The van der Waals surface area contributed by atoms with Crippen molar-refractivity contribution in [2.24, 2.45) is 34.5 Å². The van der Waals surface area contributed by atoms with Crippen molar-refractivity contribution in [3.05, 3.63) is 33.0 Å². The van der Waals surface area contributed by atoms with Crippen LogP contribution in [0.15, 0.2) is 22.9 Å². The van der Waals surface area contributed by atoms with Crippen molar-refractivity contribution in [3.63, 3.8) is 0 Å². The lowest BCUT2D eigenvalue weighted by molar-refractivity contribution is -0.486. The van der Waals surface area contributed by atoms with Crippen LogP contribution in [0.1, 0.15) is 86.0 Å². The molecule has 0 aromatic rings. The van der Waals surface area contributed by atoms with E-state index in [0.29, 0.717) is 17.8 Å². The van der Waals surface area contributed by atoms with E-state index in [1.165, 1.54) is 12.5 Å². The van der Waals surface area contributed by atoms with E-state index in [1.54, 1.807) is 6.92 Å². The second-order valence-electron chi connectivity index (χ2n) is 11.6. The van der Waals surface area contributed by atoms with Gasteiger partial charge in [0.25, 0.3) is 0 Å². The van der Waals surface area contributed by atoms with E-state index in [0.717, 1.165) is 56.2 Å². The first-order chi connectivity index (χ1) is 16.5. The highest BCUT2D eigenvalue weighted by molar-refractivity contribution is 5.68. The van der Waals surface area contributed by atoms with E-state index in [1.807, 2.05) is 6.92 Å². The second-order valence-corrected chi connectivity index (χ2v) is 11.6. The molecule has 8 nitrogen and oxygen atoms in total. The number of fused-ring (bicyclic) bond motifs is 5. The molecule has 0 radical (unpaired) electrons. The van der Waals surface area contributed by atoms with Gasteiger partial charge in [0.2, 0.25) is 6.54 Å². The largest absolute Gasteiger partial charge is 0.462 e. The molecular formula is C27H40N2O6. The summed E-state index contributed by atoms with van der Waals surface area (Å²) in [6.45, 7) is 9.67. The molecular weight excluding hydrogens is 448 g/mol. The maximum absolute atomic E-state index is 11.7. The minimum Gasteiger partial charge on any atom is -0.462 e. The molecule has 0 aromatic carbocycles. The van der Waals surface area contributed by atoms with Crippen LogP contribution >= 0.6 is 0 Å². The monoisotopic (exact) mass is 488 g/mol. The van der Waals surface area contributed by atoms with Crippen LogP contribution in [0.5, 0.6) is 0 Å². The van der Waals surface area contributed by atoms with Gasteiger partial charge in [-0.2, -0.15) is 0 Å². The number of carbonyl (C=O) groups excluding carboxylic acids is 2. The highest BCUT2D eigenvalue weighted by atomic mass is 16.7. The van der Waals surface area contributed by atoms with Gasteiger partial charge in [-0.25, -0.2) is 10.3 Å². The fourth-order valence-corrected chi connectivity index (χ4v) is 8.28. The van der Waals surface area contributed by atoms with Crippen LogP contribution in [0.3, 0.4) is 0 Å². The molecule has 0 amide bonds. The summed E-state index contributed by atoms with van der Waals surface area (Å²) in [4.78, 5) is 39.9. The van der Waals surface area contributed by atoms with Gasteiger partial charge in [-0.3, -0.25) is 14.9 Å². The summed E-state index contributed by atoms with van der Waals surface area (Å²) in [5.74, 6) is 0.620. The molecule has 7 unspecified atom stereocenters. The molecule has 4 aliphatic carbocycles. The fourth-order valence-electron chi connectivity index (χ4n) is 8.28. The van der Waals surface area contributed by atoms with Gasteiger partial charge < -0.3 is 9.57 Å². The average Bonchev–Trinajstić information content (AvgIpc) is 3.08. The summed E-state index contributed by atoms with van der Waals surface area (Å²) in [6.07, 6.45) is 9.16. The summed E-state index contributed by atoms with van der Waals surface area (Å²) < 4.78 is 5.55. The molecule has 4 rings (SSSR count). The van der Waals surface area contributed by atoms with Crippen LogP contribution < -0.4 is 5.48 Å². The Balaban J connectivity index is 1.63. The van der Waals surface area contributed by atoms with E-state index in [2.05, 4.69) is 25.4 Å². The molecule has 0 aromatic heterocycles. The Labute approximate surface area is 208 Å². The molecule has 1 N–H and O–H groups in total. The number of hydrogen-bond acceptors (Lipinski definition) is 7. The van der Waals surface area contributed by atoms with E-state index < -0.39 is 0 Å². The van der Waals surface area contributed by atoms with Gasteiger partial charge in [0.05, 0.1) is 0 Å². The molecule has 4 aliphatic rings. The zero-order chi connectivity index (χ0) is 25.5. The van der Waals surface area contributed by atoms with E-state index in [9.17, 15) is 19.7 Å². The average molecular weight is 489 g/mol. The van der Waals surface area contributed by atoms with Crippen LogP contribution in [0.25, 0.3) is 0 Å². The van der Waals surface area contributed by atoms with Crippen molar-refractivity contribution in [2.75, 3.05) is 6.54 Å². The Kier molecular flexibility index (Phi) is 7.04. The Morgan fingerprint density at radius 3 is 2.54 bits per heavy atom. The predicted molar refractivity (Wildman–Crippen MR) is 130 cm³/mol. The van der Waals surface area contributed by atoms with Gasteiger partial charge in [-0.05, 0) is 79.6 Å². The number of allylic oxidation sites excluding steroid dienone is 2. The standard InChI is InChI=1S/C27H40N2O6/c1-6-24(31)35-28-16(2)25-18(15-29(32)33)13-23-21-8-7-19-14-20(34-17(3)30)9-11-26(19,4)22(21)10-12-27(23,25)5/h7,18,20-23,28H,6,8-15H2,1-5H3. The van der Waals surface area contributed by atoms with Crippen molar-refractivity contribution in [1.82, 2.24) is 5.48 Å². The van der Waals surface area contributed by atoms with E-state index in [-0.39, 0.29) is 52.7 Å². The van der Waals surface area contributed by atoms with Gasteiger partial charge in [0, 0.05) is 36.3 Å². The van der Waals surface area contributed by atoms with Gasteiger partial charge >= 0.3 is 11.9 Å². The van der Waals surface area contributed by atoms with Crippen LogP contribution in [-0.2, 0) is 19.2 Å². The van der Waals surface area contributed by atoms with Crippen LogP contribution in [0.2, 0.25) is 0 Å². The van der Waals surface area contributed by atoms with Crippen molar-refractivity contribution < 1.29 is 24.1 Å². The van der Waals surface area contributed by atoms with Crippen molar-refractivity contribution in [3.8, 4) is 0 Å². The summed E-state index contributed by atoms with van der Waals surface area (Å²) in [5, 5.41) is 11.6. The minimum atomic E-state index is -0.346. The molecule has 3 fully saturated rings. The van der Waals surface area contributed by atoms with Gasteiger partial charge in [-0.1, -0.05) is 32.4 Å². The maximum atomic E-state index is 11.7. The first-order valence-corrected chi connectivity index (χ1v) is 13.1. The fraction of sp³-hybridized carbons (Fsp3) is 0.778. The normalized spacial score (nSPS) is 39.3. The minimum absolute atomic E-state index is 0.0257. The van der Waals surface area contributed by atoms with E-state index in [4.69, 9.17) is 9.57 Å². The number of nitrogens with zero attached hydrogens (tertiary/aromatic N) is 1. The molecule has 0 bridgehead atoms. The molecule has 3 saturated carbocycles. The molecule has 35 heavy (non-hydrogen) atoms.